The fraction of sp³-hybridized carbons (Fsp3) is 0.167. The standard InChI is InChI=1S/C12H12N2O2/c1-9-4-5-12(14-7-9)16-8-11(15)10-3-2-6-13-10/h2-7,13H,8H2,1H3. The second-order valence-corrected chi connectivity index (χ2v) is 3.47. The molecule has 4 nitrogen and oxygen atoms in total. The predicted octanol–water partition coefficient (Wildman–Crippen LogP) is 1.98. The molecule has 0 saturated heterocycles. The number of carbonyl (C=O) groups excluding carboxylic acids is 1. The minimum Gasteiger partial charge on any atom is -0.469 e. The summed E-state index contributed by atoms with van der Waals surface area (Å²) in [6.07, 6.45) is 3.41. The molecule has 0 aliphatic rings. The van der Waals surface area contributed by atoms with Gasteiger partial charge in [-0.25, -0.2) is 4.98 Å². The third-order valence-electron chi connectivity index (χ3n) is 2.13. The molecule has 0 fully saturated rings. The molecule has 2 heterocycles. The first-order valence-corrected chi connectivity index (χ1v) is 4.98. The van der Waals surface area contributed by atoms with E-state index >= 15 is 0 Å². The Balaban J connectivity index is 1.93. The summed E-state index contributed by atoms with van der Waals surface area (Å²) < 4.78 is 5.27. The molecule has 0 radical (unpaired) electrons. The Morgan fingerprint density at radius 3 is 2.94 bits per heavy atom. The number of H-pyrrole nitrogens is 1. The van der Waals surface area contributed by atoms with Gasteiger partial charge in [-0.15, -0.1) is 0 Å². The van der Waals surface area contributed by atoms with Gasteiger partial charge in [-0.05, 0) is 24.6 Å². The van der Waals surface area contributed by atoms with Crippen molar-refractivity contribution in [3.05, 3.63) is 47.9 Å². The fourth-order valence-electron chi connectivity index (χ4n) is 1.26. The Bertz CT molecular complexity index is 460. The van der Waals surface area contributed by atoms with Gasteiger partial charge >= 0.3 is 0 Å². The molecule has 0 aliphatic heterocycles. The lowest BCUT2D eigenvalue weighted by atomic mass is 10.3. The first kappa shape index (κ1) is 10.4. The van der Waals surface area contributed by atoms with Crippen molar-refractivity contribution < 1.29 is 9.53 Å². The van der Waals surface area contributed by atoms with Gasteiger partial charge in [0.2, 0.25) is 11.7 Å². The number of aromatic amines is 1. The van der Waals surface area contributed by atoms with Crippen LogP contribution >= 0.6 is 0 Å². The number of ether oxygens (including phenoxy) is 1. The second-order valence-electron chi connectivity index (χ2n) is 3.47. The van der Waals surface area contributed by atoms with Gasteiger partial charge in [-0.3, -0.25) is 4.79 Å². The summed E-state index contributed by atoms with van der Waals surface area (Å²) in [5.41, 5.74) is 1.61. The summed E-state index contributed by atoms with van der Waals surface area (Å²) in [6, 6.07) is 7.13. The quantitative estimate of drug-likeness (QED) is 0.795. The van der Waals surface area contributed by atoms with E-state index in [2.05, 4.69) is 9.97 Å². The molecule has 0 aromatic carbocycles. The molecule has 0 amide bonds. The lowest BCUT2D eigenvalue weighted by molar-refractivity contribution is 0.0913. The summed E-state index contributed by atoms with van der Waals surface area (Å²) in [5, 5.41) is 0. The Morgan fingerprint density at radius 1 is 1.44 bits per heavy atom. The van der Waals surface area contributed by atoms with E-state index < -0.39 is 0 Å². The zero-order valence-corrected chi connectivity index (χ0v) is 8.93. The van der Waals surface area contributed by atoms with Crippen molar-refractivity contribution in [3.63, 3.8) is 0 Å². The molecule has 4 heteroatoms. The van der Waals surface area contributed by atoms with Gasteiger partial charge in [0.25, 0.3) is 0 Å². The number of pyridine rings is 1. The van der Waals surface area contributed by atoms with E-state index in [0.29, 0.717) is 11.6 Å². The van der Waals surface area contributed by atoms with Crippen molar-refractivity contribution in [3.8, 4) is 5.88 Å². The van der Waals surface area contributed by atoms with Crippen LogP contribution < -0.4 is 4.74 Å². The number of aryl methyl sites for hydroxylation is 1. The lowest BCUT2D eigenvalue weighted by Crippen LogP contribution is -2.12. The first-order valence-electron chi connectivity index (χ1n) is 4.98. The lowest BCUT2D eigenvalue weighted by Gasteiger charge is -2.03. The van der Waals surface area contributed by atoms with Gasteiger partial charge in [-0.1, -0.05) is 6.07 Å². The van der Waals surface area contributed by atoms with E-state index in [-0.39, 0.29) is 12.4 Å². The molecule has 82 valence electrons. The average Bonchev–Trinajstić information content (AvgIpc) is 2.81. The number of nitrogens with zero attached hydrogens (tertiary/aromatic N) is 1. The van der Waals surface area contributed by atoms with Crippen LogP contribution in [-0.2, 0) is 0 Å². The van der Waals surface area contributed by atoms with Gasteiger partial charge in [0.05, 0.1) is 5.69 Å². The Labute approximate surface area is 93.3 Å². The van der Waals surface area contributed by atoms with E-state index in [1.54, 1.807) is 30.6 Å². The molecule has 1 N–H and O–H groups in total. The minimum absolute atomic E-state index is 0.00340. The van der Waals surface area contributed by atoms with E-state index in [1.165, 1.54) is 0 Å². The number of ketones is 1. The zero-order chi connectivity index (χ0) is 11.4. The number of rotatable bonds is 4. The van der Waals surface area contributed by atoms with E-state index in [0.717, 1.165) is 5.56 Å². The van der Waals surface area contributed by atoms with Crippen LogP contribution in [0.25, 0.3) is 0 Å². The maximum atomic E-state index is 11.6. The predicted molar refractivity (Wildman–Crippen MR) is 59.6 cm³/mol. The molecule has 0 atom stereocenters. The van der Waals surface area contributed by atoms with E-state index in [9.17, 15) is 4.79 Å². The SMILES string of the molecule is Cc1ccc(OCC(=O)c2ccc[nH]2)nc1. The van der Waals surface area contributed by atoms with Crippen LogP contribution in [-0.4, -0.2) is 22.4 Å². The highest BCUT2D eigenvalue weighted by atomic mass is 16.5. The van der Waals surface area contributed by atoms with Crippen LogP contribution in [0.2, 0.25) is 0 Å². The minimum atomic E-state index is -0.0904. The molecule has 2 rings (SSSR count). The Hall–Kier alpha value is -2.10. The van der Waals surface area contributed by atoms with Crippen molar-refractivity contribution >= 4 is 5.78 Å². The average molecular weight is 216 g/mol. The number of Topliss-reactive ketones (excluding diaryl/α,β-unsaturated/α-hetero) is 1. The summed E-state index contributed by atoms with van der Waals surface area (Å²) in [4.78, 5) is 18.4. The summed E-state index contributed by atoms with van der Waals surface area (Å²) in [5.74, 6) is 0.373. The van der Waals surface area contributed by atoms with Crippen molar-refractivity contribution in [1.82, 2.24) is 9.97 Å². The number of nitrogens with one attached hydrogen (secondary N) is 1. The number of carbonyl (C=O) groups is 1. The maximum absolute atomic E-state index is 11.6. The third kappa shape index (κ3) is 2.48. The van der Waals surface area contributed by atoms with Crippen LogP contribution in [0, 0.1) is 6.92 Å². The van der Waals surface area contributed by atoms with E-state index in [4.69, 9.17) is 4.74 Å². The molecular formula is C12H12N2O2. The largest absolute Gasteiger partial charge is 0.469 e. The van der Waals surface area contributed by atoms with Crippen molar-refractivity contribution in [2.24, 2.45) is 0 Å². The smallest absolute Gasteiger partial charge is 0.216 e. The summed E-state index contributed by atoms with van der Waals surface area (Å²) >= 11 is 0. The molecule has 0 spiro atoms. The Morgan fingerprint density at radius 2 is 2.31 bits per heavy atom. The van der Waals surface area contributed by atoms with Gasteiger partial charge < -0.3 is 9.72 Å². The summed E-state index contributed by atoms with van der Waals surface area (Å²) in [6.45, 7) is 1.94. The number of aromatic nitrogens is 2. The molecule has 0 unspecified atom stereocenters. The molecular weight excluding hydrogens is 204 g/mol. The molecule has 16 heavy (non-hydrogen) atoms. The fourth-order valence-corrected chi connectivity index (χ4v) is 1.26. The highest BCUT2D eigenvalue weighted by molar-refractivity contribution is 5.95. The van der Waals surface area contributed by atoms with Crippen molar-refractivity contribution in [2.75, 3.05) is 6.61 Å². The molecule has 0 saturated carbocycles. The Kier molecular flexibility index (Phi) is 3.00. The van der Waals surface area contributed by atoms with Crippen LogP contribution in [0.1, 0.15) is 16.1 Å². The normalized spacial score (nSPS) is 10.1. The second kappa shape index (κ2) is 4.61. The number of hydrogen-bond donors (Lipinski definition) is 1. The molecule has 0 aliphatic carbocycles. The van der Waals surface area contributed by atoms with Crippen LogP contribution in [0.5, 0.6) is 5.88 Å². The molecule has 2 aromatic rings. The molecule has 2 aromatic heterocycles. The van der Waals surface area contributed by atoms with Crippen LogP contribution in [0.4, 0.5) is 0 Å². The van der Waals surface area contributed by atoms with Gasteiger partial charge in [0.1, 0.15) is 0 Å². The van der Waals surface area contributed by atoms with Gasteiger partial charge in [-0.2, -0.15) is 0 Å². The van der Waals surface area contributed by atoms with Crippen LogP contribution in [0.15, 0.2) is 36.7 Å². The maximum Gasteiger partial charge on any atom is 0.216 e. The third-order valence-corrected chi connectivity index (χ3v) is 2.13. The highest BCUT2D eigenvalue weighted by Crippen LogP contribution is 2.07. The van der Waals surface area contributed by atoms with Gasteiger partial charge in [0.15, 0.2) is 6.61 Å². The highest BCUT2D eigenvalue weighted by Gasteiger charge is 2.07. The summed E-state index contributed by atoms with van der Waals surface area (Å²) in [7, 11) is 0. The van der Waals surface area contributed by atoms with Crippen molar-refractivity contribution in [1.29, 1.82) is 0 Å². The first-order chi connectivity index (χ1) is 7.75. The van der Waals surface area contributed by atoms with E-state index in [1.807, 2.05) is 13.0 Å². The topological polar surface area (TPSA) is 55.0 Å². The molecule has 0 bridgehead atoms. The van der Waals surface area contributed by atoms with Crippen molar-refractivity contribution in [2.45, 2.75) is 6.92 Å². The van der Waals surface area contributed by atoms with Gasteiger partial charge in [0, 0.05) is 18.5 Å². The van der Waals surface area contributed by atoms with Crippen LogP contribution in [0.3, 0.4) is 0 Å². The zero-order valence-electron chi connectivity index (χ0n) is 8.93. The number of hydrogen-bond acceptors (Lipinski definition) is 3. The monoisotopic (exact) mass is 216 g/mol.